The van der Waals surface area contributed by atoms with Gasteiger partial charge in [0.2, 0.25) is 9.76 Å². The van der Waals surface area contributed by atoms with Gasteiger partial charge >= 0.3 is 0 Å². The average molecular weight is 166 g/mol. The summed E-state index contributed by atoms with van der Waals surface area (Å²) in [5.74, 6) is 0. The van der Waals surface area contributed by atoms with Crippen LogP contribution in [0.3, 0.4) is 0 Å². The summed E-state index contributed by atoms with van der Waals surface area (Å²) in [4.78, 5) is 0. The van der Waals surface area contributed by atoms with Crippen LogP contribution in [0.15, 0.2) is 12.0 Å². The van der Waals surface area contributed by atoms with Crippen LogP contribution >= 0.6 is 0 Å². The van der Waals surface area contributed by atoms with Gasteiger partial charge in [0.1, 0.15) is 10.5 Å². The number of rotatable bonds is 4. The van der Waals surface area contributed by atoms with E-state index in [-0.39, 0.29) is 5.38 Å². The Morgan fingerprint density at radius 1 is 1.75 bits per heavy atom. The average Bonchev–Trinajstić information content (AvgIpc) is 1.66. The summed E-state index contributed by atoms with van der Waals surface area (Å²) in [6.45, 7) is 3.30. The summed E-state index contributed by atoms with van der Waals surface area (Å²) in [6, 6.07) is 0. The Morgan fingerprint density at radius 2 is 2.38 bits per heavy atom. The highest BCUT2D eigenvalue weighted by atomic mass is 28.3. The molecule has 0 spiro atoms. The molecule has 0 heterocycles. The topological polar surface area (TPSA) is 38.7 Å². The molecule has 0 aliphatic rings. The lowest BCUT2D eigenvalue weighted by molar-refractivity contribution is 0.426. The second kappa shape index (κ2) is 5.25. The highest BCUT2D eigenvalue weighted by molar-refractivity contribution is 6.46. The molecule has 0 unspecified atom stereocenters. The van der Waals surface area contributed by atoms with Crippen LogP contribution in [0.4, 0.5) is 0 Å². The van der Waals surface area contributed by atoms with Gasteiger partial charge in [0, 0.05) is 0 Å². The zero-order chi connectivity index (χ0) is 6.41. The molecular weight excluding hydrogens is 156 g/mol. The molecule has 8 heavy (non-hydrogen) atoms. The van der Waals surface area contributed by atoms with Gasteiger partial charge < -0.3 is 13.3 Å². The fourth-order valence-corrected chi connectivity index (χ4v) is 3.69. The van der Waals surface area contributed by atoms with Crippen molar-refractivity contribution in [1.29, 1.82) is 0 Å². The summed E-state index contributed by atoms with van der Waals surface area (Å²) in [6.07, 6.45) is 0. The first-order valence-corrected chi connectivity index (χ1v) is 5.46. The van der Waals surface area contributed by atoms with Gasteiger partial charge in [-0.15, -0.1) is 0 Å². The summed E-state index contributed by atoms with van der Waals surface area (Å²) in [5.41, 5.74) is 0. The van der Waals surface area contributed by atoms with Crippen molar-refractivity contribution in [3.8, 4) is 0 Å². The molecular formula is C2H10O3Si3. The molecule has 0 aromatic rings. The Hall–Kier alpha value is 0.111. The molecule has 0 amide bonds. The third-order valence-corrected chi connectivity index (χ3v) is 3.23. The third-order valence-electron chi connectivity index (χ3n) is 0.470. The maximum atomic E-state index is 8.50. The quantitative estimate of drug-likeness (QED) is 0.283. The Balaban J connectivity index is 2.82. The molecule has 0 aliphatic heterocycles. The number of hydrogen-bond donors (Lipinski definition) is 1. The largest absolute Gasteiger partial charge is 0.516 e. The van der Waals surface area contributed by atoms with E-state index < -0.39 is 19.8 Å². The molecule has 0 saturated carbocycles. The zero-order valence-corrected chi connectivity index (χ0v) is 9.71. The van der Waals surface area contributed by atoms with Crippen molar-refractivity contribution >= 4 is 30.3 Å². The van der Waals surface area contributed by atoms with E-state index in [1.54, 1.807) is 0 Å². The maximum Gasteiger partial charge on any atom is 0.283 e. The first-order chi connectivity index (χ1) is 3.77. The molecule has 0 aromatic carbocycles. The molecule has 6 heteroatoms. The molecule has 0 aliphatic carbocycles. The van der Waals surface area contributed by atoms with E-state index in [9.17, 15) is 0 Å². The minimum atomic E-state index is -0.845. The van der Waals surface area contributed by atoms with Gasteiger partial charge in [-0.05, 0) is 0 Å². The lowest BCUT2D eigenvalue weighted by Crippen LogP contribution is -2.07. The van der Waals surface area contributed by atoms with Crippen molar-refractivity contribution in [1.82, 2.24) is 0 Å². The van der Waals surface area contributed by atoms with Crippen molar-refractivity contribution in [3.05, 3.63) is 12.0 Å². The summed E-state index contributed by atoms with van der Waals surface area (Å²) < 4.78 is 9.82. The van der Waals surface area contributed by atoms with Crippen LogP contribution in [-0.2, 0) is 8.23 Å². The summed E-state index contributed by atoms with van der Waals surface area (Å²) in [5, 5.41) is 8.70. The third kappa shape index (κ3) is 6.11. The maximum absolute atomic E-state index is 8.50. The smallest absolute Gasteiger partial charge is 0.283 e. The van der Waals surface area contributed by atoms with E-state index in [1.165, 1.54) is 0 Å². The molecule has 0 bridgehead atoms. The standard InChI is InChI=1S/C2H10O3Si3/c1-2(3)7-5-8-4-6/h3H,1,7-8H2,6H3. The lowest BCUT2D eigenvalue weighted by atomic mass is 11.2. The molecule has 1 N–H and O–H groups in total. The highest BCUT2D eigenvalue weighted by Crippen LogP contribution is 1.76. The van der Waals surface area contributed by atoms with Crippen LogP contribution in [0, 0.1) is 0 Å². The lowest BCUT2D eigenvalue weighted by Gasteiger charge is -1.97. The van der Waals surface area contributed by atoms with E-state index >= 15 is 0 Å². The van der Waals surface area contributed by atoms with Crippen molar-refractivity contribution in [2.45, 2.75) is 0 Å². The van der Waals surface area contributed by atoms with E-state index in [1.807, 2.05) is 0 Å². The van der Waals surface area contributed by atoms with Crippen molar-refractivity contribution < 1.29 is 13.3 Å². The predicted molar refractivity (Wildman–Crippen MR) is 41.0 cm³/mol. The predicted octanol–water partition coefficient (Wildman–Crippen LogP) is -2.59. The van der Waals surface area contributed by atoms with Crippen LogP contribution in [0.25, 0.3) is 0 Å². The van der Waals surface area contributed by atoms with Crippen LogP contribution < -0.4 is 0 Å². The summed E-state index contributed by atoms with van der Waals surface area (Å²) in [7, 11) is -0.817. The van der Waals surface area contributed by atoms with Crippen molar-refractivity contribution in [2.75, 3.05) is 0 Å². The summed E-state index contributed by atoms with van der Waals surface area (Å²) >= 11 is 0. The van der Waals surface area contributed by atoms with Gasteiger partial charge in [0.15, 0.2) is 0 Å². The number of aliphatic hydroxyl groups is 1. The van der Waals surface area contributed by atoms with Crippen LogP contribution in [0.5, 0.6) is 0 Å². The molecule has 0 fully saturated rings. The van der Waals surface area contributed by atoms with E-state index in [2.05, 4.69) is 6.58 Å². The second-order valence-electron chi connectivity index (χ2n) is 1.32. The number of aliphatic hydroxyl groups excluding tert-OH is 1. The monoisotopic (exact) mass is 166 g/mol. The fourth-order valence-electron chi connectivity index (χ4n) is 0.243. The minimum Gasteiger partial charge on any atom is -0.516 e. The van der Waals surface area contributed by atoms with E-state index in [0.29, 0.717) is 0 Å². The number of hydrogen-bond acceptors (Lipinski definition) is 3. The Kier molecular flexibility index (Phi) is 5.32. The van der Waals surface area contributed by atoms with Gasteiger partial charge in [-0.3, -0.25) is 0 Å². The first kappa shape index (κ1) is 8.11. The Bertz CT molecular complexity index is 74.9. The van der Waals surface area contributed by atoms with Crippen molar-refractivity contribution in [3.63, 3.8) is 0 Å². The minimum absolute atomic E-state index is 0.205. The molecule has 48 valence electrons. The Labute approximate surface area is 56.2 Å². The first-order valence-electron chi connectivity index (χ1n) is 2.20. The van der Waals surface area contributed by atoms with Gasteiger partial charge in [-0.2, -0.15) is 0 Å². The van der Waals surface area contributed by atoms with Gasteiger partial charge in [-0.1, -0.05) is 6.58 Å². The van der Waals surface area contributed by atoms with E-state index in [0.717, 1.165) is 10.5 Å². The van der Waals surface area contributed by atoms with Crippen LogP contribution in [-0.4, -0.2) is 35.4 Å². The van der Waals surface area contributed by atoms with E-state index in [4.69, 9.17) is 13.3 Å². The molecule has 0 rings (SSSR count). The second-order valence-corrected chi connectivity index (χ2v) is 6.60. The van der Waals surface area contributed by atoms with Gasteiger partial charge in [0.05, 0.1) is 5.38 Å². The highest BCUT2D eigenvalue weighted by Gasteiger charge is 1.88. The van der Waals surface area contributed by atoms with Crippen LogP contribution in [0.2, 0.25) is 0 Å². The molecule has 3 nitrogen and oxygen atoms in total. The molecule has 0 atom stereocenters. The Morgan fingerprint density at radius 3 is 2.75 bits per heavy atom. The van der Waals surface area contributed by atoms with Gasteiger partial charge in [0.25, 0.3) is 10.0 Å². The molecule has 0 saturated heterocycles. The van der Waals surface area contributed by atoms with Gasteiger partial charge in [-0.25, -0.2) is 0 Å². The molecule has 0 radical (unpaired) electrons. The van der Waals surface area contributed by atoms with Crippen LogP contribution in [0.1, 0.15) is 0 Å². The fraction of sp³-hybridized carbons (Fsp3) is 0. The zero-order valence-electron chi connectivity index (χ0n) is 4.89. The SMILES string of the molecule is C=C(O)[SiH2]O[SiH2]O[SiH3]. The van der Waals surface area contributed by atoms with Crippen molar-refractivity contribution in [2.24, 2.45) is 0 Å². The normalized spacial score (nSPS) is 12.5. The molecule has 0 aromatic heterocycles.